The highest BCUT2D eigenvalue weighted by Gasteiger charge is 2.46. The number of esters is 2. The maximum Gasteiger partial charge on any atom is 0.329 e. The molecule has 3 aliphatic rings. The van der Waals surface area contributed by atoms with Crippen LogP contribution in [0.2, 0.25) is 0 Å². The number of fused-ring (bicyclic) bond motifs is 1. The zero-order valence-corrected chi connectivity index (χ0v) is 48.9. The molecular formula is C57H91N7O15. The first-order valence-corrected chi connectivity index (χ1v) is 28.2. The molecule has 6 amide bonds. The molecule has 0 aromatic heterocycles. The summed E-state index contributed by atoms with van der Waals surface area (Å²) in [4.78, 5) is 135. The predicted octanol–water partition coefficient (Wildman–Crippen LogP) is 2.11. The molecule has 0 radical (unpaired) electrons. The van der Waals surface area contributed by atoms with Crippen LogP contribution in [0.3, 0.4) is 0 Å². The Morgan fingerprint density at radius 2 is 1.52 bits per heavy atom. The highest BCUT2D eigenvalue weighted by atomic mass is 16.6. The summed E-state index contributed by atoms with van der Waals surface area (Å²) in [6.45, 7) is 18.7. The zero-order valence-electron chi connectivity index (χ0n) is 48.9. The lowest BCUT2D eigenvalue weighted by molar-refractivity contribution is -0.163. The fraction of sp³-hybridized carbons (Fsp3) is 0.737. The topological polar surface area (TPSA) is 291 Å². The van der Waals surface area contributed by atoms with Crippen molar-refractivity contribution in [3.05, 3.63) is 29.8 Å². The van der Waals surface area contributed by atoms with Gasteiger partial charge in [0.05, 0.1) is 37.6 Å². The van der Waals surface area contributed by atoms with Gasteiger partial charge in [-0.3, -0.25) is 43.7 Å². The van der Waals surface area contributed by atoms with Crippen molar-refractivity contribution >= 4 is 53.2 Å². The Labute approximate surface area is 466 Å². The highest BCUT2D eigenvalue weighted by Crippen LogP contribution is 2.28. The number of ether oxygens (including phenoxy) is 3. The number of Topliss-reactive ketones (excluding diaryl/α,β-unsaturated/α-hetero) is 1. The van der Waals surface area contributed by atoms with Gasteiger partial charge >= 0.3 is 11.9 Å². The fourth-order valence-corrected chi connectivity index (χ4v) is 10.6. The summed E-state index contributed by atoms with van der Waals surface area (Å²) >= 11 is 0. The van der Waals surface area contributed by atoms with Gasteiger partial charge in [0.15, 0.2) is 11.9 Å². The van der Waals surface area contributed by atoms with Gasteiger partial charge in [-0.15, -0.1) is 0 Å². The van der Waals surface area contributed by atoms with Gasteiger partial charge in [0.25, 0.3) is 5.91 Å². The average molecular weight is 1110 g/mol. The number of carbonyl (C=O) groups excluding carboxylic acids is 9. The zero-order chi connectivity index (χ0) is 59.3. The third-order valence-corrected chi connectivity index (χ3v) is 15.6. The van der Waals surface area contributed by atoms with Gasteiger partial charge in [-0.2, -0.15) is 0 Å². The first-order valence-electron chi connectivity index (χ1n) is 28.2. The number of methoxy groups -OCH3 is 1. The van der Waals surface area contributed by atoms with Crippen LogP contribution in [0.1, 0.15) is 133 Å². The first-order chi connectivity index (χ1) is 37.0. The normalized spacial score (nSPS) is 28.7. The number of ketones is 1. The van der Waals surface area contributed by atoms with E-state index in [1.54, 1.807) is 52.0 Å². The van der Waals surface area contributed by atoms with Crippen molar-refractivity contribution in [2.75, 3.05) is 34.3 Å². The van der Waals surface area contributed by atoms with E-state index >= 15 is 4.79 Å². The lowest BCUT2D eigenvalue weighted by atomic mass is 9.91. The number of carbonyl (C=O) groups is 9. The van der Waals surface area contributed by atoms with E-state index in [0.717, 1.165) is 0 Å². The molecule has 0 aliphatic carbocycles. The Bertz CT molecular complexity index is 2280. The molecule has 6 N–H and O–H groups in total. The third kappa shape index (κ3) is 17.2. The number of aliphatic hydroxyl groups is 3. The van der Waals surface area contributed by atoms with Gasteiger partial charge in [0.1, 0.15) is 54.4 Å². The number of rotatable bonds is 15. The molecule has 0 spiro atoms. The number of amides is 6. The van der Waals surface area contributed by atoms with Gasteiger partial charge in [-0.05, 0) is 93.7 Å². The number of nitrogens with one attached hydrogen (secondary N) is 3. The Balaban J connectivity index is 1.89. The molecule has 1 unspecified atom stereocenters. The maximum atomic E-state index is 15.0. The van der Waals surface area contributed by atoms with Crippen LogP contribution in [0.25, 0.3) is 0 Å². The van der Waals surface area contributed by atoms with Crippen LogP contribution in [-0.4, -0.2) is 195 Å². The molecular weight excluding hydrogens is 1020 g/mol. The van der Waals surface area contributed by atoms with E-state index < -0.39 is 150 Å². The summed E-state index contributed by atoms with van der Waals surface area (Å²) in [5.41, 5.74) is 0.581. The molecule has 3 fully saturated rings. The summed E-state index contributed by atoms with van der Waals surface area (Å²) in [6, 6.07) is -1.98. The number of likely N-dealkylation sites (N-methyl/N-ethyl adjacent to an activating group) is 2. The molecule has 1 aromatic rings. The van der Waals surface area contributed by atoms with Gasteiger partial charge in [-0.25, -0.2) is 4.79 Å². The highest BCUT2D eigenvalue weighted by molar-refractivity contribution is 5.96. The summed E-state index contributed by atoms with van der Waals surface area (Å²) in [6.07, 6.45) is -6.35. The molecule has 22 nitrogen and oxygen atoms in total. The Morgan fingerprint density at radius 3 is 2.09 bits per heavy atom. The van der Waals surface area contributed by atoms with E-state index in [9.17, 15) is 53.7 Å². The Morgan fingerprint density at radius 1 is 0.886 bits per heavy atom. The van der Waals surface area contributed by atoms with Crippen LogP contribution in [0.5, 0.6) is 5.75 Å². The van der Waals surface area contributed by atoms with Crippen molar-refractivity contribution in [2.24, 2.45) is 29.6 Å². The van der Waals surface area contributed by atoms with Crippen molar-refractivity contribution in [3.8, 4) is 5.75 Å². The van der Waals surface area contributed by atoms with Crippen molar-refractivity contribution in [2.45, 2.75) is 207 Å². The van der Waals surface area contributed by atoms with Crippen molar-refractivity contribution in [1.82, 2.24) is 35.6 Å². The number of aliphatic hydroxyl groups excluding tert-OH is 3. The maximum absolute atomic E-state index is 15.0. The van der Waals surface area contributed by atoms with E-state index in [0.29, 0.717) is 30.6 Å². The predicted molar refractivity (Wildman–Crippen MR) is 291 cm³/mol. The molecule has 4 rings (SSSR count). The minimum absolute atomic E-state index is 0.0768. The largest absolute Gasteiger partial charge is 0.497 e. The van der Waals surface area contributed by atoms with Crippen LogP contribution in [0.4, 0.5) is 0 Å². The van der Waals surface area contributed by atoms with E-state index in [1.807, 2.05) is 27.7 Å². The van der Waals surface area contributed by atoms with Gasteiger partial charge in [0, 0.05) is 33.6 Å². The van der Waals surface area contributed by atoms with Crippen LogP contribution >= 0.6 is 0 Å². The smallest absolute Gasteiger partial charge is 0.329 e. The van der Waals surface area contributed by atoms with Crippen molar-refractivity contribution < 1.29 is 72.7 Å². The van der Waals surface area contributed by atoms with E-state index in [1.165, 1.54) is 61.6 Å². The molecule has 14 atom stereocenters. The fourth-order valence-electron chi connectivity index (χ4n) is 10.6. The monoisotopic (exact) mass is 1110 g/mol. The third-order valence-electron chi connectivity index (χ3n) is 15.6. The van der Waals surface area contributed by atoms with Crippen LogP contribution < -0.4 is 20.7 Å². The number of cyclic esters (lactones) is 2. The standard InChI is InChI=1S/C57H91N7O15/c1-15-33(8)46-44(66)29-45(67)79-49(32(6)7)48(68)34(9)50(69)58-39(26-30(2)3)54(73)64-25-17-19-41(64)56(75)62(13)43(28-37-20-22-38(77-14)23-21-37)57(76)78-36(11)47(52(71)59-46)60-51(70)42(27-31(4)5)61(12)55(74)40-18-16-24-63(40)53(72)35(10)65/h20-23,30-36,39-44,46-47,49-50,58,65-66,69H,15-19,24-29H2,1-14H3,(H,59,71)(H,60,70)/t33-,34-,35-,36+,39-,40+,41-,42+,43-,44-,46+,47-,49-,50?/m0/s1. The van der Waals surface area contributed by atoms with E-state index in [2.05, 4.69) is 16.0 Å². The number of benzene rings is 1. The lowest BCUT2D eigenvalue weighted by Crippen LogP contribution is -2.62. The molecule has 0 saturated carbocycles. The average Bonchev–Trinajstić information content (AvgIpc) is 4.13. The second-order valence-corrected chi connectivity index (χ2v) is 23.1. The Kier molecular flexibility index (Phi) is 24.7. The SMILES string of the molecule is CC[C@H](C)[C@H]1NC(=O)[C@@H](NC(=O)[C@@H](CC(C)C)N(C)C(=O)[C@H]2CCCN2C(=O)[C@H](C)O)[C@@H](C)OC(=O)[C@H](Cc2ccc(OC)cc2)N(C)C(=O)[C@@H]2CCCN2C(=O)[C@H](CC(C)C)NC(O)[C@@H](C)C(=O)[C@H](C(C)C)OC(=O)C[C@@H]1O. The molecule has 1 aromatic carbocycles. The molecule has 444 valence electrons. The Hall–Kier alpha value is -5.71. The summed E-state index contributed by atoms with van der Waals surface area (Å²) in [7, 11) is 4.32. The van der Waals surface area contributed by atoms with Gasteiger partial charge < -0.3 is 59.8 Å². The first kappa shape index (κ1) is 65.8. The minimum Gasteiger partial charge on any atom is -0.497 e. The van der Waals surface area contributed by atoms with E-state index in [4.69, 9.17) is 14.2 Å². The number of likely N-dealkylation sites (tertiary alicyclic amines) is 1. The molecule has 3 heterocycles. The number of nitrogens with zero attached hydrogens (tertiary/aromatic N) is 4. The van der Waals surface area contributed by atoms with Crippen LogP contribution in [0.15, 0.2) is 24.3 Å². The van der Waals surface area contributed by atoms with Crippen LogP contribution in [0, 0.1) is 29.6 Å². The lowest BCUT2D eigenvalue weighted by Gasteiger charge is -2.36. The second-order valence-electron chi connectivity index (χ2n) is 23.1. The summed E-state index contributed by atoms with van der Waals surface area (Å²) in [5, 5.41) is 42.1. The quantitative estimate of drug-likeness (QED) is 0.137. The van der Waals surface area contributed by atoms with Crippen molar-refractivity contribution in [1.29, 1.82) is 0 Å². The van der Waals surface area contributed by atoms with Gasteiger partial charge in [0.2, 0.25) is 29.5 Å². The molecule has 0 bridgehead atoms. The number of hydrogen-bond acceptors (Lipinski definition) is 16. The molecule has 79 heavy (non-hydrogen) atoms. The summed E-state index contributed by atoms with van der Waals surface area (Å²) < 4.78 is 17.3. The van der Waals surface area contributed by atoms with Gasteiger partial charge in [-0.1, -0.05) is 80.9 Å². The van der Waals surface area contributed by atoms with Crippen molar-refractivity contribution in [3.63, 3.8) is 0 Å². The second kappa shape index (κ2) is 29.7. The molecule has 22 heteroatoms. The van der Waals surface area contributed by atoms with Crippen LogP contribution in [-0.2, 0) is 59.0 Å². The summed E-state index contributed by atoms with van der Waals surface area (Å²) in [5.74, 6) is -8.91. The molecule has 3 aliphatic heterocycles. The van der Waals surface area contributed by atoms with E-state index in [-0.39, 0.29) is 57.0 Å². The minimum atomic E-state index is -1.76. The molecule has 3 saturated heterocycles. The number of hydrogen-bond donors (Lipinski definition) is 6.